The summed E-state index contributed by atoms with van der Waals surface area (Å²) < 4.78 is 0. The predicted molar refractivity (Wildman–Crippen MR) is 98.5 cm³/mol. The van der Waals surface area contributed by atoms with Gasteiger partial charge in [0.1, 0.15) is 0 Å². The van der Waals surface area contributed by atoms with Crippen LogP contribution in [0.3, 0.4) is 0 Å². The van der Waals surface area contributed by atoms with Gasteiger partial charge in [-0.2, -0.15) is 0 Å². The molecule has 0 spiro atoms. The van der Waals surface area contributed by atoms with Gasteiger partial charge in [0, 0.05) is 44.5 Å². The van der Waals surface area contributed by atoms with Gasteiger partial charge in [0.15, 0.2) is 0 Å². The first-order valence-electron chi connectivity index (χ1n) is 9.33. The highest BCUT2D eigenvalue weighted by molar-refractivity contribution is 5.96. The number of fused-ring (bicyclic) bond motifs is 1. The Kier molecular flexibility index (Phi) is 4.79. The monoisotopic (exact) mass is 335 g/mol. The smallest absolute Gasteiger partial charge is 0.254 e. The second-order valence-electron chi connectivity index (χ2n) is 7.04. The molecule has 0 atom stereocenters. The van der Waals surface area contributed by atoms with Gasteiger partial charge in [-0.3, -0.25) is 14.7 Å². The van der Waals surface area contributed by atoms with Crippen LogP contribution >= 0.6 is 0 Å². The Balaban J connectivity index is 1.40. The molecule has 0 saturated carbocycles. The summed E-state index contributed by atoms with van der Waals surface area (Å²) in [6.45, 7) is 4.29. The quantitative estimate of drug-likeness (QED) is 0.865. The lowest BCUT2D eigenvalue weighted by Crippen LogP contribution is -2.48. The number of benzene rings is 1. The Morgan fingerprint density at radius 3 is 2.60 bits per heavy atom. The molecule has 130 valence electrons. The molecule has 1 aromatic heterocycles. The molecule has 0 bridgehead atoms. The minimum atomic E-state index is 0.219. The van der Waals surface area contributed by atoms with Crippen LogP contribution in [0.4, 0.5) is 0 Å². The van der Waals surface area contributed by atoms with Crippen molar-refractivity contribution in [2.24, 2.45) is 0 Å². The molecule has 1 amide bonds. The van der Waals surface area contributed by atoms with Gasteiger partial charge in [-0.1, -0.05) is 18.2 Å². The van der Waals surface area contributed by atoms with Gasteiger partial charge in [0.05, 0.1) is 5.69 Å². The van der Waals surface area contributed by atoms with Gasteiger partial charge in [0.25, 0.3) is 5.91 Å². The number of nitrogens with zero attached hydrogens (tertiary/aromatic N) is 3. The number of carbonyl (C=O) groups is 1. The second-order valence-corrected chi connectivity index (χ2v) is 7.04. The van der Waals surface area contributed by atoms with Crippen molar-refractivity contribution in [3.05, 3.63) is 65.0 Å². The van der Waals surface area contributed by atoms with Crippen LogP contribution in [0.1, 0.15) is 40.0 Å². The fraction of sp³-hybridized carbons (Fsp3) is 0.429. The van der Waals surface area contributed by atoms with Gasteiger partial charge in [-0.25, -0.2) is 0 Å². The third-order valence-electron chi connectivity index (χ3n) is 5.40. The normalized spacial score (nSPS) is 18.0. The highest BCUT2D eigenvalue weighted by Crippen LogP contribution is 2.25. The van der Waals surface area contributed by atoms with Crippen LogP contribution in [0, 0.1) is 0 Å². The van der Waals surface area contributed by atoms with E-state index < -0.39 is 0 Å². The number of amides is 1. The molecule has 1 saturated heterocycles. The van der Waals surface area contributed by atoms with Crippen LogP contribution in [-0.4, -0.2) is 46.9 Å². The molecule has 0 unspecified atom stereocenters. The maximum absolute atomic E-state index is 13.0. The highest BCUT2D eigenvalue weighted by atomic mass is 16.2. The van der Waals surface area contributed by atoms with Crippen LogP contribution in [0.2, 0.25) is 0 Å². The van der Waals surface area contributed by atoms with E-state index in [0.717, 1.165) is 56.8 Å². The third kappa shape index (κ3) is 3.59. The van der Waals surface area contributed by atoms with Gasteiger partial charge in [0.2, 0.25) is 0 Å². The lowest BCUT2D eigenvalue weighted by Gasteiger charge is -2.35. The lowest BCUT2D eigenvalue weighted by atomic mass is 9.88. The van der Waals surface area contributed by atoms with Crippen LogP contribution in [-0.2, 0) is 19.4 Å². The Morgan fingerprint density at radius 2 is 1.80 bits per heavy atom. The largest absolute Gasteiger partial charge is 0.336 e. The van der Waals surface area contributed by atoms with Crippen LogP contribution < -0.4 is 0 Å². The van der Waals surface area contributed by atoms with E-state index in [4.69, 9.17) is 0 Å². The second kappa shape index (κ2) is 7.36. The predicted octanol–water partition coefficient (Wildman–Crippen LogP) is 2.92. The average molecular weight is 335 g/mol. The Bertz CT molecular complexity index is 736. The molecule has 1 aliphatic carbocycles. The molecule has 2 aromatic rings. The SMILES string of the molecule is O=C(c1cccc2c1CCCC2)N1CCN(Cc2ccccn2)CC1. The van der Waals surface area contributed by atoms with Gasteiger partial charge < -0.3 is 4.90 Å². The zero-order chi connectivity index (χ0) is 17.1. The number of carbonyl (C=O) groups excluding carboxylic acids is 1. The summed E-state index contributed by atoms with van der Waals surface area (Å²) in [5.74, 6) is 0.219. The number of pyridine rings is 1. The summed E-state index contributed by atoms with van der Waals surface area (Å²) in [5.41, 5.74) is 4.72. The summed E-state index contributed by atoms with van der Waals surface area (Å²) in [6, 6.07) is 12.3. The Morgan fingerprint density at radius 1 is 0.960 bits per heavy atom. The van der Waals surface area contributed by atoms with E-state index in [1.165, 1.54) is 24.0 Å². The summed E-state index contributed by atoms with van der Waals surface area (Å²) in [7, 11) is 0. The van der Waals surface area contributed by atoms with Gasteiger partial charge in [-0.15, -0.1) is 0 Å². The molecule has 1 fully saturated rings. The average Bonchev–Trinajstić information content (AvgIpc) is 2.68. The number of hydrogen-bond acceptors (Lipinski definition) is 3. The van der Waals surface area contributed by atoms with Crippen molar-refractivity contribution in [3.8, 4) is 0 Å². The lowest BCUT2D eigenvalue weighted by molar-refractivity contribution is 0.0625. The fourth-order valence-electron chi connectivity index (χ4n) is 3.98. The number of aromatic nitrogens is 1. The van der Waals surface area contributed by atoms with Crippen LogP contribution in [0.25, 0.3) is 0 Å². The molecular weight excluding hydrogens is 310 g/mol. The summed E-state index contributed by atoms with van der Waals surface area (Å²) in [6.07, 6.45) is 6.46. The van der Waals surface area contributed by atoms with Crippen LogP contribution in [0.15, 0.2) is 42.6 Å². The standard InChI is InChI=1S/C21H25N3O/c25-21(20-10-5-7-17-6-1-2-9-19(17)20)24-14-12-23(13-15-24)16-18-8-3-4-11-22-18/h3-5,7-8,10-11H,1-2,6,9,12-16H2. The minimum Gasteiger partial charge on any atom is -0.336 e. The van der Waals surface area contributed by atoms with E-state index in [1.807, 2.05) is 29.3 Å². The molecule has 25 heavy (non-hydrogen) atoms. The Hall–Kier alpha value is -2.20. The van der Waals surface area contributed by atoms with Crippen molar-refractivity contribution in [2.75, 3.05) is 26.2 Å². The van der Waals surface area contributed by atoms with Crippen molar-refractivity contribution in [1.82, 2.24) is 14.8 Å². The third-order valence-corrected chi connectivity index (χ3v) is 5.40. The molecule has 4 rings (SSSR count). The van der Waals surface area contributed by atoms with E-state index >= 15 is 0 Å². The first-order valence-corrected chi connectivity index (χ1v) is 9.33. The van der Waals surface area contributed by atoms with Crippen molar-refractivity contribution in [1.29, 1.82) is 0 Å². The zero-order valence-electron chi connectivity index (χ0n) is 14.7. The topological polar surface area (TPSA) is 36.4 Å². The Labute approximate surface area is 149 Å². The number of hydrogen-bond donors (Lipinski definition) is 0. The van der Waals surface area contributed by atoms with Crippen LogP contribution in [0.5, 0.6) is 0 Å². The first kappa shape index (κ1) is 16.3. The maximum Gasteiger partial charge on any atom is 0.254 e. The van der Waals surface area contributed by atoms with E-state index in [9.17, 15) is 4.79 Å². The molecule has 0 radical (unpaired) electrons. The van der Waals surface area contributed by atoms with E-state index in [1.54, 1.807) is 0 Å². The molecule has 2 aliphatic rings. The van der Waals surface area contributed by atoms with Gasteiger partial charge in [-0.05, 0) is 55.0 Å². The number of aryl methyl sites for hydroxylation is 1. The molecule has 1 aliphatic heterocycles. The molecule has 2 heterocycles. The molecule has 4 nitrogen and oxygen atoms in total. The van der Waals surface area contributed by atoms with Crippen molar-refractivity contribution >= 4 is 5.91 Å². The van der Waals surface area contributed by atoms with Gasteiger partial charge >= 0.3 is 0 Å². The first-order chi connectivity index (χ1) is 12.3. The summed E-state index contributed by atoms with van der Waals surface area (Å²) in [5, 5.41) is 0. The van der Waals surface area contributed by atoms with E-state index in [-0.39, 0.29) is 5.91 Å². The number of rotatable bonds is 3. The summed E-state index contributed by atoms with van der Waals surface area (Å²) in [4.78, 5) is 21.8. The molecule has 1 aromatic carbocycles. The zero-order valence-corrected chi connectivity index (χ0v) is 14.7. The molecule has 0 N–H and O–H groups in total. The molecule has 4 heteroatoms. The molecular formula is C21H25N3O. The summed E-state index contributed by atoms with van der Waals surface area (Å²) >= 11 is 0. The highest BCUT2D eigenvalue weighted by Gasteiger charge is 2.25. The maximum atomic E-state index is 13.0. The van der Waals surface area contributed by atoms with E-state index in [0.29, 0.717) is 0 Å². The van der Waals surface area contributed by atoms with Crippen molar-refractivity contribution in [2.45, 2.75) is 32.2 Å². The van der Waals surface area contributed by atoms with Crippen molar-refractivity contribution < 1.29 is 4.79 Å². The van der Waals surface area contributed by atoms with Crippen molar-refractivity contribution in [3.63, 3.8) is 0 Å². The number of piperazine rings is 1. The van der Waals surface area contributed by atoms with E-state index in [2.05, 4.69) is 28.1 Å². The fourth-order valence-corrected chi connectivity index (χ4v) is 3.98. The minimum absolute atomic E-state index is 0.219.